The lowest BCUT2D eigenvalue weighted by atomic mass is 9.95. The van der Waals surface area contributed by atoms with Crippen molar-refractivity contribution in [2.24, 2.45) is 0 Å². The zero-order chi connectivity index (χ0) is 30.4. The molecule has 7 nitrogen and oxygen atoms in total. The molecule has 1 atom stereocenters. The van der Waals surface area contributed by atoms with E-state index >= 15 is 0 Å². The number of carbonyl (C=O) groups excluding carboxylic acids is 2. The number of anilines is 1. The summed E-state index contributed by atoms with van der Waals surface area (Å²) in [5.74, 6) is -0.785. The van der Waals surface area contributed by atoms with E-state index in [1.54, 1.807) is 37.3 Å². The van der Waals surface area contributed by atoms with E-state index in [2.05, 4.69) is 5.32 Å². The van der Waals surface area contributed by atoms with E-state index in [1.165, 1.54) is 29.2 Å². The molecular weight excluding hydrogens is 593 g/mol. The molecule has 0 unspecified atom stereocenters. The van der Waals surface area contributed by atoms with Crippen LogP contribution >= 0.6 is 23.2 Å². The monoisotopic (exact) mass is 629 g/mol. The van der Waals surface area contributed by atoms with E-state index in [4.69, 9.17) is 23.2 Å². The number of hydrogen-bond acceptors (Lipinski definition) is 4. The van der Waals surface area contributed by atoms with Gasteiger partial charge in [0.1, 0.15) is 12.6 Å². The van der Waals surface area contributed by atoms with Gasteiger partial charge in [0.05, 0.1) is 10.6 Å². The van der Waals surface area contributed by atoms with Gasteiger partial charge in [-0.1, -0.05) is 60.7 Å². The number of nitrogens with one attached hydrogen (secondary N) is 1. The minimum absolute atomic E-state index is 0.00223. The van der Waals surface area contributed by atoms with Crippen LogP contribution in [0.3, 0.4) is 0 Å². The molecule has 1 saturated carbocycles. The third kappa shape index (κ3) is 7.85. The fourth-order valence-corrected chi connectivity index (χ4v) is 6.87. The van der Waals surface area contributed by atoms with Crippen LogP contribution in [-0.4, -0.2) is 43.8 Å². The lowest BCUT2D eigenvalue weighted by Crippen LogP contribution is -2.53. The van der Waals surface area contributed by atoms with Crippen LogP contribution in [0.15, 0.2) is 71.6 Å². The van der Waals surface area contributed by atoms with Crippen LogP contribution < -0.4 is 9.62 Å². The second kappa shape index (κ2) is 13.9. The Morgan fingerprint density at radius 3 is 2.24 bits per heavy atom. The molecule has 0 bridgehead atoms. The van der Waals surface area contributed by atoms with Gasteiger partial charge in [-0.05, 0) is 98.8 Å². The summed E-state index contributed by atoms with van der Waals surface area (Å²) < 4.78 is 29.1. The van der Waals surface area contributed by atoms with Gasteiger partial charge in [-0.2, -0.15) is 0 Å². The molecule has 224 valence electrons. The second-order valence-electron chi connectivity index (χ2n) is 10.9. The highest BCUT2D eigenvalue weighted by molar-refractivity contribution is 7.92. The molecular formula is C32H37Cl2N3O4S. The predicted octanol–water partition coefficient (Wildman–Crippen LogP) is 6.67. The Balaban J connectivity index is 1.69. The van der Waals surface area contributed by atoms with Gasteiger partial charge in [0.25, 0.3) is 10.0 Å². The van der Waals surface area contributed by atoms with Gasteiger partial charge < -0.3 is 10.2 Å². The lowest BCUT2D eigenvalue weighted by Gasteiger charge is -2.33. The van der Waals surface area contributed by atoms with Crippen molar-refractivity contribution < 1.29 is 18.0 Å². The first kappa shape index (κ1) is 31.9. The summed E-state index contributed by atoms with van der Waals surface area (Å²) in [5, 5.41) is 4.01. The van der Waals surface area contributed by atoms with Gasteiger partial charge in [0.15, 0.2) is 0 Å². The largest absolute Gasteiger partial charge is 0.352 e. The molecule has 0 aromatic heterocycles. The molecule has 0 heterocycles. The molecule has 4 rings (SSSR count). The van der Waals surface area contributed by atoms with Crippen molar-refractivity contribution in [3.05, 3.63) is 93.5 Å². The fourth-order valence-electron chi connectivity index (χ4n) is 5.13. The summed E-state index contributed by atoms with van der Waals surface area (Å²) in [6.07, 6.45) is 5.06. The maximum Gasteiger partial charge on any atom is 0.264 e. The highest BCUT2D eigenvalue weighted by atomic mass is 35.5. The summed E-state index contributed by atoms with van der Waals surface area (Å²) in [7, 11) is -4.17. The molecule has 0 spiro atoms. The molecule has 0 saturated heterocycles. The first-order valence-electron chi connectivity index (χ1n) is 14.2. The summed E-state index contributed by atoms with van der Waals surface area (Å²) in [4.78, 5) is 29.0. The average Bonchev–Trinajstić information content (AvgIpc) is 2.96. The number of sulfonamides is 1. The minimum Gasteiger partial charge on any atom is -0.352 e. The summed E-state index contributed by atoms with van der Waals surface area (Å²) in [6.45, 7) is 5.07. The zero-order valence-electron chi connectivity index (χ0n) is 24.1. The Bertz CT molecular complexity index is 1520. The standard InChI is InChI=1S/C32H37Cl2N3O4S/c1-22-12-15-29(18-23(22)2)37(42(40,41)30-16-13-26(33)14-17-30)21-31(38)36(20-25-8-7-9-27(34)19-25)24(3)32(39)35-28-10-5-4-6-11-28/h7-9,12-19,24,28H,4-6,10-11,20-21H2,1-3H3,(H,35,39)/t24-/m0/s1. The van der Waals surface area contributed by atoms with Gasteiger partial charge >= 0.3 is 0 Å². The van der Waals surface area contributed by atoms with Crippen LogP contribution in [-0.2, 0) is 26.2 Å². The number of aryl methyl sites for hydroxylation is 2. The topological polar surface area (TPSA) is 86.8 Å². The molecule has 0 aliphatic heterocycles. The van der Waals surface area contributed by atoms with Gasteiger partial charge in [0, 0.05) is 22.6 Å². The van der Waals surface area contributed by atoms with Crippen molar-refractivity contribution in [3.8, 4) is 0 Å². The third-order valence-electron chi connectivity index (χ3n) is 7.82. The molecule has 3 aromatic carbocycles. The predicted molar refractivity (Wildman–Crippen MR) is 168 cm³/mol. The van der Waals surface area contributed by atoms with Crippen LogP contribution in [0.2, 0.25) is 10.0 Å². The van der Waals surface area contributed by atoms with Gasteiger partial charge in [-0.3, -0.25) is 13.9 Å². The molecule has 1 aliphatic carbocycles. The van der Waals surface area contributed by atoms with Crippen molar-refractivity contribution in [3.63, 3.8) is 0 Å². The van der Waals surface area contributed by atoms with Gasteiger partial charge in [-0.15, -0.1) is 0 Å². The molecule has 3 aromatic rings. The van der Waals surface area contributed by atoms with Crippen LogP contribution in [0.5, 0.6) is 0 Å². The fraction of sp³-hybridized carbons (Fsp3) is 0.375. The maximum absolute atomic E-state index is 14.1. The van der Waals surface area contributed by atoms with Crippen LogP contribution in [0.1, 0.15) is 55.7 Å². The molecule has 1 N–H and O–H groups in total. The lowest BCUT2D eigenvalue weighted by molar-refractivity contribution is -0.139. The average molecular weight is 631 g/mol. The highest BCUT2D eigenvalue weighted by Crippen LogP contribution is 2.27. The zero-order valence-corrected chi connectivity index (χ0v) is 26.5. The number of carbonyl (C=O) groups is 2. The van der Waals surface area contributed by atoms with Crippen molar-refractivity contribution in [1.82, 2.24) is 10.2 Å². The number of rotatable bonds is 10. The highest BCUT2D eigenvalue weighted by Gasteiger charge is 2.33. The summed E-state index contributed by atoms with van der Waals surface area (Å²) >= 11 is 12.3. The Kier molecular flexibility index (Phi) is 10.6. The maximum atomic E-state index is 14.1. The van der Waals surface area contributed by atoms with E-state index in [-0.39, 0.29) is 23.4 Å². The van der Waals surface area contributed by atoms with Crippen molar-refractivity contribution in [1.29, 1.82) is 0 Å². The number of hydrogen-bond donors (Lipinski definition) is 1. The van der Waals surface area contributed by atoms with Crippen molar-refractivity contribution in [2.75, 3.05) is 10.8 Å². The quantitative estimate of drug-likeness (QED) is 0.271. The Morgan fingerprint density at radius 2 is 1.60 bits per heavy atom. The summed E-state index contributed by atoms with van der Waals surface area (Å²) in [5.41, 5.74) is 2.95. The summed E-state index contributed by atoms with van der Waals surface area (Å²) in [6, 6.07) is 17.4. The van der Waals surface area contributed by atoms with Crippen LogP contribution in [0.4, 0.5) is 5.69 Å². The van der Waals surface area contributed by atoms with E-state index in [1.807, 2.05) is 26.0 Å². The van der Waals surface area contributed by atoms with E-state index in [9.17, 15) is 18.0 Å². The minimum atomic E-state index is -4.17. The molecule has 1 fully saturated rings. The normalized spacial score (nSPS) is 14.7. The number of nitrogens with zero attached hydrogens (tertiary/aromatic N) is 2. The Labute approximate surface area is 258 Å². The molecule has 42 heavy (non-hydrogen) atoms. The second-order valence-corrected chi connectivity index (χ2v) is 13.6. The molecule has 0 radical (unpaired) electrons. The third-order valence-corrected chi connectivity index (χ3v) is 10.1. The van der Waals surface area contributed by atoms with Gasteiger partial charge in [0.2, 0.25) is 11.8 Å². The Morgan fingerprint density at radius 1 is 0.905 bits per heavy atom. The van der Waals surface area contributed by atoms with Crippen molar-refractivity contribution in [2.45, 2.75) is 76.4 Å². The molecule has 1 aliphatic rings. The first-order chi connectivity index (χ1) is 20.0. The Hall–Kier alpha value is -3.07. The van der Waals surface area contributed by atoms with Gasteiger partial charge in [-0.25, -0.2) is 8.42 Å². The number of halogens is 2. The number of benzene rings is 3. The van der Waals surface area contributed by atoms with Crippen molar-refractivity contribution >= 4 is 50.7 Å². The van der Waals surface area contributed by atoms with E-state index < -0.39 is 28.5 Å². The van der Waals surface area contributed by atoms with Crippen LogP contribution in [0, 0.1) is 13.8 Å². The number of amides is 2. The van der Waals surface area contributed by atoms with E-state index in [0.29, 0.717) is 15.7 Å². The SMILES string of the molecule is Cc1ccc(N(CC(=O)N(Cc2cccc(Cl)c2)[C@@H](C)C(=O)NC2CCCCC2)S(=O)(=O)c2ccc(Cl)cc2)cc1C. The van der Waals surface area contributed by atoms with Crippen LogP contribution in [0.25, 0.3) is 0 Å². The smallest absolute Gasteiger partial charge is 0.264 e. The first-order valence-corrected chi connectivity index (χ1v) is 16.3. The van der Waals surface area contributed by atoms with E-state index in [0.717, 1.165) is 53.1 Å². The molecule has 2 amide bonds. The molecule has 10 heteroatoms.